The molecule has 1 N–H and O–H groups in total. The van der Waals surface area contributed by atoms with Crippen molar-refractivity contribution in [3.63, 3.8) is 0 Å². The monoisotopic (exact) mass is 188 g/mol. The third kappa shape index (κ3) is 4.88. The molecule has 0 aliphatic heterocycles. The third-order valence-corrected chi connectivity index (χ3v) is 1.72. The maximum atomic E-state index is 11.3. The highest BCUT2D eigenvalue weighted by molar-refractivity contribution is 5.78. The quantitative estimate of drug-likeness (QED) is 0.685. The van der Waals surface area contributed by atoms with E-state index in [1.165, 1.54) is 13.8 Å². The first-order valence-corrected chi connectivity index (χ1v) is 4.65. The molecule has 0 aromatic heterocycles. The van der Waals surface area contributed by atoms with Crippen LogP contribution in [-0.2, 0) is 9.53 Å². The normalized spacial score (nSPS) is 12.8. The Morgan fingerprint density at radius 1 is 1.31 bits per heavy atom. The number of esters is 1. The zero-order chi connectivity index (χ0) is 10.7. The van der Waals surface area contributed by atoms with E-state index in [4.69, 9.17) is 4.74 Å². The molecular formula is C10H20O3. The van der Waals surface area contributed by atoms with Gasteiger partial charge in [0, 0.05) is 0 Å². The molecule has 3 heteroatoms. The topological polar surface area (TPSA) is 46.5 Å². The van der Waals surface area contributed by atoms with Gasteiger partial charge >= 0.3 is 5.97 Å². The fraction of sp³-hybridized carbons (Fsp3) is 0.900. The molecule has 0 aliphatic rings. The van der Waals surface area contributed by atoms with Crippen molar-refractivity contribution in [2.75, 3.05) is 0 Å². The van der Waals surface area contributed by atoms with Crippen LogP contribution in [0.1, 0.15) is 47.5 Å². The average molecular weight is 188 g/mol. The molecule has 0 aromatic rings. The van der Waals surface area contributed by atoms with Crippen molar-refractivity contribution in [2.45, 2.75) is 58.7 Å². The van der Waals surface area contributed by atoms with E-state index < -0.39 is 17.2 Å². The Hall–Kier alpha value is -0.570. The molecule has 0 fully saturated rings. The summed E-state index contributed by atoms with van der Waals surface area (Å²) in [4.78, 5) is 11.3. The summed E-state index contributed by atoms with van der Waals surface area (Å²) in [5.74, 6) is -0.564. The summed E-state index contributed by atoms with van der Waals surface area (Å²) >= 11 is 0. The minimum Gasteiger partial charge on any atom is -0.458 e. The highest BCUT2D eigenvalue weighted by Gasteiger charge is 2.31. The van der Waals surface area contributed by atoms with Crippen molar-refractivity contribution in [2.24, 2.45) is 0 Å². The van der Waals surface area contributed by atoms with Crippen LogP contribution in [0.15, 0.2) is 0 Å². The Morgan fingerprint density at radius 2 is 1.77 bits per heavy atom. The van der Waals surface area contributed by atoms with Crippen LogP contribution in [0.5, 0.6) is 0 Å². The standard InChI is InChI=1S/C10H20O3/c1-6-7-9(2,3)13-8(11)10(4,5)12/h12H,6-7H2,1-5H3. The fourth-order valence-electron chi connectivity index (χ4n) is 1.03. The van der Waals surface area contributed by atoms with E-state index in [2.05, 4.69) is 0 Å². The Labute approximate surface area is 80.1 Å². The lowest BCUT2D eigenvalue weighted by Gasteiger charge is -2.28. The predicted molar refractivity (Wildman–Crippen MR) is 51.4 cm³/mol. The summed E-state index contributed by atoms with van der Waals surface area (Å²) in [7, 11) is 0. The van der Waals surface area contributed by atoms with E-state index >= 15 is 0 Å². The molecule has 0 saturated heterocycles. The Kier molecular flexibility index (Phi) is 3.91. The zero-order valence-electron chi connectivity index (χ0n) is 9.18. The Balaban J connectivity index is 4.20. The van der Waals surface area contributed by atoms with E-state index in [0.717, 1.165) is 12.8 Å². The van der Waals surface area contributed by atoms with Gasteiger partial charge in [0.15, 0.2) is 5.60 Å². The molecule has 0 amide bonds. The molecule has 0 bridgehead atoms. The average Bonchev–Trinajstić information content (AvgIpc) is 1.83. The van der Waals surface area contributed by atoms with Crippen LogP contribution in [-0.4, -0.2) is 22.3 Å². The van der Waals surface area contributed by atoms with Crippen molar-refractivity contribution in [3.8, 4) is 0 Å². The summed E-state index contributed by atoms with van der Waals surface area (Å²) < 4.78 is 5.15. The molecule has 0 aromatic carbocycles. The lowest BCUT2D eigenvalue weighted by atomic mass is 10.0. The van der Waals surface area contributed by atoms with Gasteiger partial charge in [0.2, 0.25) is 0 Å². The number of ether oxygens (including phenoxy) is 1. The number of carbonyl (C=O) groups excluding carboxylic acids is 1. The molecule has 0 aliphatic carbocycles. The van der Waals surface area contributed by atoms with Crippen LogP contribution in [0.2, 0.25) is 0 Å². The first kappa shape index (κ1) is 12.4. The lowest BCUT2D eigenvalue weighted by molar-refractivity contribution is -0.175. The molecule has 0 unspecified atom stereocenters. The highest BCUT2D eigenvalue weighted by Crippen LogP contribution is 2.19. The first-order chi connectivity index (χ1) is 5.69. The van der Waals surface area contributed by atoms with Gasteiger partial charge in [-0.2, -0.15) is 0 Å². The largest absolute Gasteiger partial charge is 0.458 e. The molecule has 0 saturated carbocycles. The van der Waals surface area contributed by atoms with Gasteiger partial charge in [-0.25, -0.2) is 4.79 Å². The molecule has 3 nitrogen and oxygen atoms in total. The second kappa shape index (κ2) is 4.09. The van der Waals surface area contributed by atoms with Crippen molar-refractivity contribution < 1.29 is 14.6 Å². The van der Waals surface area contributed by atoms with Gasteiger partial charge in [0.1, 0.15) is 5.60 Å². The van der Waals surface area contributed by atoms with Crippen LogP contribution in [0.4, 0.5) is 0 Å². The smallest absolute Gasteiger partial charge is 0.338 e. The van der Waals surface area contributed by atoms with Gasteiger partial charge in [0.25, 0.3) is 0 Å². The van der Waals surface area contributed by atoms with E-state index in [1.807, 2.05) is 20.8 Å². The second-order valence-electron chi connectivity index (χ2n) is 4.46. The molecule has 13 heavy (non-hydrogen) atoms. The molecule has 0 rings (SSSR count). The van der Waals surface area contributed by atoms with Crippen LogP contribution in [0.3, 0.4) is 0 Å². The van der Waals surface area contributed by atoms with Crippen molar-refractivity contribution in [1.82, 2.24) is 0 Å². The number of rotatable bonds is 4. The van der Waals surface area contributed by atoms with Gasteiger partial charge in [-0.3, -0.25) is 0 Å². The van der Waals surface area contributed by atoms with E-state index in [1.54, 1.807) is 0 Å². The molecule has 0 heterocycles. The van der Waals surface area contributed by atoms with Gasteiger partial charge in [-0.15, -0.1) is 0 Å². The fourth-order valence-corrected chi connectivity index (χ4v) is 1.03. The third-order valence-electron chi connectivity index (χ3n) is 1.72. The molecule has 78 valence electrons. The number of carbonyl (C=O) groups is 1. The van der Waals surface area contributed by atoms with E-state index in [-0.39, 0.29) is 0 Å². The van der Waals surface area contributed by atoms with Crippen LogP contribution in [0.25, 0.3) is 0 Å². The minimum atomic E-state index is -1.40. The van der Waals surface area contributed by atoms with Gasteiger partial charge in [-0.1, -0.05) is 13.3 Å². The Bertz CT molecular complexity index is 177. The number of aliphatic hydroxyl groups is 1. The zero-order valence-corrected chi connectivity index (χ0v) is 9.18. The Morgan fingerprint density at radius 3 is 2.08 bits per heavy atom. The minimum absolute atomic E-state index is 0.480. The lowest BCUT2D eigenvalue weighted by Crippen LogP contribution is -2.39. The van der Waals surface area contributed by atoms with E-state index in [9.17, 15) is 9.90 Å². The van der Waals surface area contributed by atoms with Crippen LogP contribution >= 0.6 is 0 Å². The van der Waals surface area contributed by atoms with Gasteiger partial charge in [-0.05, 0) is 34.1 Å². The molecular weight excluding hydrogens is 168 g/mol. The number of hydrogen-bond acceptors (Lipinski definition) is 3. The van der Waals surface area contributed by atoms with Crippen molar-refractivity contribution >= 4 is 5.97 Å². The van der Waals surface area contributed by atoms with Crippen LogP contribution in [0, 0.1) is 0 Å². The summed E-state index contributed by atoms with van der Waals surface area (Å²) in [5, 5.41) is 9.34. The first-order valence-electron chi connectivity index (χ1n) is 4.65. The molecule has 0 atom stereocenters. The summed E-state index contributed by atoms with van der Waals surface area (Å²) in [5.41, 5.74) is -1.88. The van der Waals surface area contributed by atoms with Gasteiger partial charge < -0.3 is 9.84 Å². The summed E-state index contributed by atoms with van der Waals surface area (Å²) in [6, 6.07) is 0. The SMILES string of the molecule is CCCC(C)(C)OC(=O)C(C)(C)O. The van der Waals surface area contributed by atoms with Crippen LogP contribution < -0.4 is 0 Å². The predicted octanol–water partition coefficient (Wildman–Crippen LogP) is 1.88. The van der Waals surface area contributed by atoms with Crippen molar-refractivity contribution in [1.29, 1.82) is 0 Å². The molecule has 0 radical (unpaired) electrons. The second-order valence-corrected chi connectivity index (χ2v) is 4.46. The molecule has 0 spiro atoms. The summed E-state index contributed by atoms with van der Waals surface area (Å²) in [6.07, 6.45) is 1.75. The maximum absolute atomic E-state index is 11.3. The van der Waals surface area contributed by atoms with E-state index in [0.29, 0.717) is 0 Å². The maximum Gasteiger partial charge on any atom is 0.338 e. The highest BCUT2D eigenvalue weighted by atomic mass is 16.6. The van der Waals surface area contributed by atoms with Crippen molar-refractivity contribution in [3.05, 3.63) is 0 Å². The summed E-state index contributed by atoms with van der Waals surface area (Å²) in [6.45, 7) is 8.58. The van der Waals surface area contributed by atoms with Gasteiger partial charge in [0.05, 0.1) is 0 Å². The number of hydrogen-bond donors (Lipinski definition) is 1.